The third kappa shape index (κ3) is 2.80. The van der Waals surface area contributed by atoms with Gasteiger partial charge in [-0.3, -0.25) is 5.09 Å². The lowest BCUT2D eigenvalue weighted by atomic mass is 10.0. The second kappa shape index (κ2) is 6.52. The van der Waals surface area contributed by atoms with Crippen molar-refractivity contribution in [2.75, 3.05) is 6.54 Å². The standard InChI is InChI=1S/C18H22NP/c1-2-19-20-17(15-9-5-3-6-10-15)13-14-18(20)16-11-7-4-8-12-16/h3-12,17-19H,2,13-14H2,1H3. The zero-order valence-corrected chi connectivity index (χ0v) is 12.9. The highest BCUT2D eigenvalue weighted by Crippen LogP contribution is 2.67. The molecule has 1 heterocycles. The third-order valence-corrected chi connectivity index (χ3v) is 7.23. The van der Waals surface area contributed by atoms with Crippen molar-refractivity contribution in [1.29, 1.82) is 0 Å². The Morgan fingerprint density at radius 1 is 0.850 bits per heavy atom. The van der Waals surface area contributed by atoms with E-state index in [1.54, 1.807) is 0 Å². The van der Waals surface area contributed by atoms with Gasteiger partial charge in [0.2, 0.25) is 0 Å². The maximum Gasteiger partial charge on any atom is 0.0178 e. The van der Waals surface area contributed by atoms with Gasteiger partial charge in [-0.05, 0) is 38.6 Å². The summed E-state index contributed by atoms with van der Waals surface area (Å²) >= 11 is 0. The predicted octanol–water partition coefficient (Wildman–Crippen LogP) is 5.27. The Balaban J connectivity index is 1.87. The molecule has 2 heteroatoms. The number of hydrogen-bond acceptors (Lipinski definition) is 1. The van der Waals surface area contributed by atoms with Crippen LogP contribution in [0.3, 0.4) is 0 Å². The average molecular weight is 283 g/mol. The molecule has 0 bridgehead atoms. The molecule has 104 valence electrons. The summed E-state index contributed by atoms with van der Waals surface area (Å²) in [6, 6.07) is 22.1. The third-order valence-electron chi connectivity index (χ3n) is 4.09. The van der Waals surface area contributed by atoms with E-state index >= 15 is 0 Å². The zero-order valence-electron chi connectivity index (χ0n) is 12.0. The van der Waals surface area contributed by atoms with E-state index in [0.717, 1.165) is 6.54 Å². The highest BCUT2D eigenvalue weighted by Gasteiger charge is 2.36. The quantitative estimate of drug-likeness (QED) is 0.754. The van der Waals surface area contributed by atoms with E-state index in [0.29, 0.717) is 11.3 Å². The number of hydrogen-bond donors (Lipinski definition) is 1. The van der Waals surface area contributed by atoms with Crippen molar-refractivity contribution in [1.82, 2.24) is 5.09 Å². The molecular formula is C18H22NP. The Bertz CT molecular complexity index is 478. The minimum absolute atomic E-state index is 0.175. The van der Waals surface area contributed by atoms with Gasteiger partial charge in [0.15, 0.2) is 0 Å². The fourth-order valence-corrected chi connectivity index (χ4v) is 6.30. The van der Waals surface area contributed by atoms with Gasteiger partial charge in [-0.15, -0.1) is 0 Å². The van der Waals surface area contributed by atoms with Crippen LogP contribution in [0, 0.1) is 0 Å². The lowest BCUT2D eigenvalue weighted by molar-refractivity contribution is 0.765. The van der Waals surface area contributed by atoms with Crippen LogP contribution in [0.25, 0.3) is 0 Å². The van der Waals surface area contributed by atoms with Crippen molar-refractivity contribution in [3.63, 3.8) is 0 Å². The summed E-state index contributed by atoms with van der Waals surface area (Å²) in [5, 5.41) is 3.81. The molecule has 0 radical (unpaired) electrons. The summed E-state index contributed by atoms with van der Waals surface area (Å²) in [5.74, 6) is 0. The van der Waals surface area contributed by atoms with Gasteiger partial charge in [-0.25, -0.2) is 0 Å². The smallest absolute Gasteiger partial charge is 0.0178 e. The van der Waals surface area contributed by atoms with Crippen molar-refractivity contribution in [2.45, 2.75) is 31.1 Å². The molecule has 0 spiro atoms. The largest absolute Gasteiger partial charge is 0.295 e. The van der Waals surface area contributed by atoms with Crippen LogP contribution in [0.5, 0.6) is 0 Å². The van der Waals surface area contributed by atoms with E-state index in [-0.39, 0.29) is 8.07 Å². The molecule has 20 heavy (non-hydrogen) atoms. The van der Waals surface area contributed by atoms with Crippen molar-refractivity contribution in [3.05, 3.63) is 71.8 Å². The predicted molar refractivity (Wildman–Crippen MR) is 88.2 cm³/mol. The summed E-state index contributed by atoms with van der Waals surface area (Å²) in [7, 11) is -0.175. The molecule has 1 N–H and O–H groups in total. The Morgan fingerprint density at radius 2 is 1.30 bits per heavy atom. The maximum atomic E-state index is 3.81. The van der Waals surface area contributed by atoms with Crippen LogP contribution >= 0.6 is 8.07 Å². The molecule has 1 fully saturated rings. The molecule has 0 aliphatic carbocycles. The lowest BCUT2D eigenvalue weighted by Crippen LogP contribution is -2.11. The molecule has 3 rings (SSSR count). The van der Waals surface area contributed by atoms with Gasteiger partial charge in [0.05, 0.1) is 0 Å². The van der Waals surface area contributed by atoms with Crippen molar-refractivity contribution in [3.8, 4) is 0 Å². The molecule has 2 aromatic carbocycles. The lowest BCUT2D eigenvalue weighted by Gasteiger charge is -2.27. The molecular weight excluding hydrogens is 261 g/mol. The number of nitrogens with one attached hydrogen (secondary N) is 1. The zero-order chi connectivity index (χ0) is 13.8. The molecule has 2 atom stereocenters. The van der Waals surface area contributed by atoms with Gasteiger partial charge in [0.1, 0.15) is 0 Å². The van der Waals surface area contributed by atoms with Crippen LogP contribution < -0.4 is 5.09 Å². The van der Waals surface area contributed by atoms with Gasteiger partial charge in [0.25, 0.3) is 0 Å². The van der Waals surface area contributed by atoms with Crippen LogP contribution in [0.2, 0.25) is 0 Å². The fourth-order valence-electron chi connectivity index (χ4n) is 3.22. The fraction of sp³-hybridized carbons (Fsp3) is 0.333. The second-order valence-corrected chi connectivity index (χ2v) is 7.73. The minimum Gasteiger partial charge on any atom is -0.295 e. The highest BCUT2D eigenvalue weighted by molar-refractivity contribution is 7.56. The Morgan fingerprint density at radius 3 is 1.70 bits per heavy atom. The van der Waals surface area contributed by atoms with Crippen molar-refractivity contribution in [2.24, 2.45) is 0 Å². The topological polar surface area (TPSA) is 12.0 Å². The minimum atomic E-state index is -0.175. The first-order valence-corrected chi connectivity index (χ1v) is 9.00. The summed E-state index contributed by atoms with van der Waals surface area (Å²) in [5.41, 5.74) is 4.43. The molecule has 1 aliphatic heterocycles. The van der Waals surface area contributed by atoms with E-state index in [9.17, 15) is 0 Å². The van der Waals surface area contributed by atoms with Crippen LogP contribution in [-0.2, 0) is 0 Å². The van der Waals surface area contributed by atoms with E-state index in [1.807, 2.05) is 0 Å². The van der Waals surface area contributed by atoms with Crippen molar-refractivity contribution < 1.29 is 0 Å². The van der Waals surface area contributed by atoms with Gasteiger partial charge in [-0.1, -0.05) is 67.6 Å². The molecule has 2 aromatic rings. The Hall–Kier alpha value is -1.17. The van der Waals surface area contributed by atoms with Crippen LogP contribution in [0.15, 0.2) is 60.7 Å². The maximum absolute atomic E-state index is 3.81. The number of rotatable bonds is 4. The SMILES string of the molecule is CCNP1C(c2ccccc2)CCC1c1ccccc1. The molecule has 1 aliphatic rings. The molecule has 0 amide bonds. The monoisotopic (exact) mass is 283 g/mol. The molecule has 0 aromatic heterocycles. The summed E-state index contributed by atoms with van der Waals surface area (Å²) in [4.78, 5) is 0. The van der Waals surface area contributed by atoms with Crippen molar-refractivity contribution >= 4 is 8.07 Å². The van der Waals surface area contributed by atoms with Gasteiger partial charge < -0.3 is 0 Å². The number of benzene rings is 2. The first-order valence-electron chi connectivity index (χ1n) is 7.52. The average Bonchev–Trinajstić information content (AvgIpc) is 2.93. The first kappa shape index (κ1) is 13.8. The highest BCUT2D eigenvalue weighted by atomic mass is 31.1. The van der Waals surface area contributed by atoms with Crippen LogP contribution in [0.4, 0.5) is 0 Å². The normalized spacial score (nSPS) is 25.8. The van der Waals surface area contributed by atoms with Gasteiger partial charge in [0, 0.05) is 11.3 Å². The van der Waals surface area contributed by atoms with E-state index < -0.39 is 0 Å². The summed E-state index contributed by atoms with van der Waals surface area (Å²) < 4.78 is 0. The summed E-state index contributed by atoms with van der Waals surface area (Å²) in [6.07, 6.45) is 2.62. The molecule has 1 saturated heterocycles. The molecule has 1 nitrogen and oxygen atoms in total. The second-order valence-electron chi connectivity index (χ2n) is 5.35. The molecule has 0 saturated carbocycles. The Kier molecular flexibility index (Phi) is 4.50. The first-order chi connectivity index (χ1) is 9.90. The van der Waals surface area contributed by atoms with E-state index in [1.165, 1.54) is 24.0 Å². The van der Waals surface area contributed by atoms with E-state index in [4.69, 9.17) is 0 Å². The van der Waals surface area contributed by atoms with Gasteiger partial charge >= 0.3 is 0 Å². The van der Waals surface area contributed by atoms with E-state index in [2.05, 4.69) is 72.7 Å². The van der Waals surface area contributed by atoms with Crippen LogP contribution in [-0.4, -0.2) is 6.54 Å². The van der Waals surface area contributed by atoms with Gasteiger partial charge in [-0.2, -0.15) is 0 Å². The summed E-state index contributed by atoms with van der Waals surface area (Å²) in [6.45, 7) is 3.29. The van der Waals surface area contributed by atoms with Crippen LogP contribution in [0.1, 0.15) is 42.2 Å². The molecule has 2 unspecified atom stereocenters. The Labute approximate surface area is 123 Å².